The molecule has 1 aliphatic carbocycles. The van der Waals surface area contributed by atoms with Crippen LogP contribution in [0.1, 0.15) is 60.8 Å². The van der Waals surface area contributed by atoms with Crippen LogP contribution in [0.25, 0.3) is 0 Å². The molecule has 1 rings (SSSR count). The molecule has 0 aliphatic heterocycles. The predicted octanol–water partition coefficient (Wildman–Crippen LogP) is 3.86. The van der Waals surface area contributed by atoms with Gasteiger partial charge in [-0.2, -0.15) is 0 Å². The molecule has 1 saturated carbocycles. The lowest BCUT2D eigenvalue weighted by molar-refractivity contribution is 0.0989. The molecule has 0 aromatic rings. The fourth-order valence-electron chi connectivity index (χ4n) is 3.31. The lowest BCUT2D eigenvalue weighted by Gasteiger charge is -2.19. The van der Waals surface area contributed by atoms with Crippen LogP contribution in [0.15, 0.2) is 0 Å². The second-order valence-corrected chi connectivity index (χ2v) is 6.41. The Bertz CT molecular complexity index is 199. The van der Waals surface area contributed by atoms with Crippen LogP contribution in [0.4, 0.5) is 0 Å². The Morgan fingerprint density at radius 1 is 1.00 bits per heavy atom. The van der Waals surface area contributed by atoms with E-state index in [1.165, 1.54) is 12.8 Å². The number of hydrogen-bond donors (Lipinski definition) is 1. The van der Waals surface area contributed by atoms with E-state index in [0.29, 0.717) is 22.7 Å². The quantitative estimate of drug-likeness (QED) is 0.734. The molecule has 1 heteroatoms. The summed E-state index contributed by atoms with van der Waals surface area (Å²) in [5, 5.41) is 10.3. The average molecular weight is 212 g/mol. The van der Waals surface area contributed by atoms with Crippen LogP contribution >= 0.6 is 0 Å². The standard InChI is InChI=1S/C14H28O/c1-7-10(8-2)9-11(15)12-13(3,4)14(12,5)6/h10-12,15H,7-9H2,1-6H3. The first kappa shape index (κ1) is 13.0. The maximum Gasteiger partial charge on any atom is 0.0581 e. The zero-order chi connectivity index (χ0) is 11.9. The third kappa shape index (κ3) is 2.08. The van der Waals surface area contributed by atoms with Crippen LogP contribution in [-0.2, 0) is 0 Å². The SMILES string of the molecule is CCC(CC)CC(O)C1C(C)(C)C1(C)C. The third-order valence-corrected chi connectivity index (χ3v) is 5.25. The fraction of sp³-hybridized carbons (Fsp3) is 1.00. The highest BCUT2D eigenvalue weighted by Crippen LogP contribution is 2.70. The van der Waals surface area contributed by atoms with Gasteiger partial charge in [-0.25, -0.2) is 0 Å². The van der Waals surface area contributed by atoms with Gasteiger partial charge in [0.15, 0.2) is 0 Å². The van der Waals surface area contributed by atoms with E-state index in [1.807, 2.05) is 0 Å². The molecule has 0 radical (unpaired) electrons. The zero-order valence-electron chi connectivity index (χ0n) is 11.3. The molecule has 0 heterocycles. The zero-order valence-corrected chi connectivity index (χ0v) is 11.3. The summed E-state index contributed by atoms with van der Waals surface area (Å²) < 4.78 is 0. The first-order valence-electron chi connectivity index (χ1n) is 6.47. The van der Waals surface area contributed by atoms with E-state index >= 15 is 0 Å². The van der Waals surface area contributed by atoms with Gasteiger partial charge in [0.05, 0.1) is 6.10 Å². The van der Waals surface area contributed by atoms with Gasteiger partial charge in [-0.3, -0.25) is 0 Å². The van der Waals surface area contributed by atoms with Crippen molar-refractivity contribution in [2.75, 3.05) is 0 Å². The molecule has 1 N–H and O–H groups in total. The molecule has 1 fully saturated rings. The van der Waals surface area contributed by atoms with Crippen LogP contribution in [0, 0.1) is 22.7 Å². The monoisotopic (exact) mass is 212 g/mol. The molecule has 0 spiro atoms. The van der Waals surface area contributed by atoms with Crippen molar-refractivity contribution in [3.05, 3.63) is 0 Å². The summed E-state index contributed by atoms with van der Waals surface area (Å²) in [4.78, 5) is 0. The Hall–Kier alpha value is -0.0400. The Kier molecular flexibility index (Phi) is 3.55. The highest BCUT2D eigenvalue weighted by molar-refractivity contribution is 5.14. The molecular weight excluding hydrogens is 184 g/mol. The van der Waals surface area contributed by atoms with Gasteiger partial charge in [0.1, 0.15) is 0 Å². The van der Waals surface area contributed by atoms with Crippen LogP contribution in [0.3, 0.4) is 0 Å². The van der Waals surface area contributed by atoms with Crippen molar-refractivity contribution in [1.82, 2.24) is 0 Å². The molecule has 1 aliphatic rings. The lowest BCUT2D eigenvalue weighted by atomic mass is 9.92. The van der Waals surface area contributed by atoms with Gasteiger partial charge in [0.2, 0.25) is 0 Å². The van der Waals surface area contributed by atoms with E-state index in [2.05, 4.69) is 41.5 Å². The fourth-order valence-corrected chi connectivity index (χ4v) is 3.31. The highest BCUT2D eigenvalue weighted by Gasteiger charge is 2.66. The van der Waals surface area contributed by atoms with Gasteiger partial charge in [0, 0.05) is 0 Å². The molecule has 0 aromatic carbocycles. The van der Waals surface area contributed by atoms with E-state index in [4.69, 9.17) is 0 Å². The second kappa shape index (κ2) is 4.08. The van der Waals surface area contributed by atoms with E-state index in [0.717, 1.165) is 6.42 Å². The summed E-state index contributed by atoms with van der Waals surface area (Å²) in [6.45, 7) is 13.6. The molecule has 1 atom stereocenters. The van der Waals surface area contributed by atoms with Gasteiger partial charge < -0.3 is 5.11 Å². The summed E-state index contributed by atoms with van der Waals surface area (Å²) in [6, 6.07) is 0. The average Bonchev–Trinajstić information content (AvgIpc) is 2.53. The first-order chi connectivity index (χ1) is 6.79. The van der Waals surface area contributed by atoms with E-state index in [1.54, 1.807) is 0 Å². The Balaban J connectivity index is 2.53. The number of aliphatic hydroxyl groups excluding tert-OH is 1. The first-order valence-corrected chi connectivity index (χ1v) is 6.47. The molecule has 0 aromatic heterocycles. The summed E-state index contributed by atoms with van der Waals surface area (Å²) in [6.07, 6.45) is 3.28. The molecule has 15 heavy (non-hydrogen) atoms. The van der Waals surface area contributed by atoms with Crippen molar-refractivity contribution in [3.63, 3.8) is 0 Å². The van der Waals surface area contributed by atoms with Gasteiger partial charge in [0.25, 0.3) is 0 Å². The van der Waals surface area contributed by atoms with Crippen molar-refractivity contribution < 1.29 is 5.11 Å². The molecular formula is C14H28O. The van der Waals surface area contributed by atoms with Crippen LogP contribution in [0.5, 0.6) is 0 Å². The second-order valence-electron chi connectivity index (χ2n) is 6.41. The van der Waals surface area contributed by atoms with Crippen molar-refractivity contribution in [2.24, 2.45) is 22.7 Å². The highest BCUT2D eigenvalue weighted by atomic mass is 16.3. The summed E-state index contributed by atoms with van der Waals surface area (Å²) in [5.41, 5.74) is 0.636. The topological polar surface area (TPSA) is 20.2 Å². The van der Waals surface area contributed by atoms with E-state index < -0.39 is 0 Å². The minimum atomic E-state index is -0.0973. The van der Waals surface area contributed by atoms with Gasteiger partial charge in [-0.1, -0.05) is 54.4 Å². The normalized spacial score (nSPS) is 25.6. The third-order valence-electron chi connectivity index (χ3n) is 5.25. The summed E-state index contributed by atoms with van der Waals surface area (Å²) in [5.74, 6) is 1.19. The van der Waals surface area contributed by atoms with Crippen molar-refractivity contribution in [2.45, 2.75) is 66.9 Å². The van der Waals surface area contributed by atoms with Gasteiger partial charge in [-0.05, 0) is 29.1 Å². The van der Waals surface area contributed by atoms with Crippen molar-refractivity contribution in [1.29, 1.82) is 0 Å². The largest absolute Gasteiger partial charge is 0.393 e. The Morgan fingerprint density at radius 2 is 1.40 bits per heavy atom. The molecule has 0 saturated heterocycles. The molecule has 90 valence electrons. The lowest BCUT2D eigenvalue weighted by Crippen LogP contribution is -2.18. The smallest absolute Gasteiger partial charge is 0.0581 e. The maximum atomic E-state index is 10.3. The van der Waals surface area contributed by atoms with Crippen LogP contribution in [-0.4, -0.2) is 11.2 Å². The van der Waals surface area contributed by atoms with Crippen molar-refractivity contribution >= 4 is 0 Å². The molecule has 1 nitrogen and oxygen atoms in total. The van der Waals surface area contributed by atoms with Crippen molar-refractivity contribution in [3.8, 4) is 0 Å². The molecule has 1 unspecified atom stereocenters. The molecule has 0 bridgehead atoms. The molecule has 0 amide bonds. The summed E-state index contributed by atoms with van der Waals surface area (Å²) in [7, 11) is 0. The van der Waals surface area contributed by atoms with Gasteiger partial charge in [-0.15, -0.1) is 0 Å². The number of hydrogen-bond acceptors (Lipinski definition) is 1. The Morgan fingerprint density at radius 3 is 1.67 bits per heavy atom. The minimum absolute atomic E-state index is 0.0973. The van der Waals surface area contributed by atoms with Gasteiger partial charge >= 0.3 is 0 Å². The summed E-state index contributed by atoms with van der Waals surface area (Å²) >= 11 is 0. The van der Waals surface area contributed by atoms with E-state index in [-0.39, 0.29) is 6.10 Å². The predicted molar refractivity (Wildman–Crippen MR) is 65.7 cm³/mol. The Labute approximate surface area is 95.3 Å². The maximum absolute atomic E-state index is 10.3. The number of rotatable bonds is 5. The van der Waals surface area contributed by atoms with Crippen LogP contribution in [0.2, 0.25) is 0 Å². The minimum Gasteiger partial charge on any atom is -0.393 e. The number of aliphatic hydroxyl groups is 1. The van der Waals surface area contributed by atoms with Crippen LogP contribution < -0.4 is 0 Å². The van der Waals surface area contributed by atoms with E-state index in [9.17, 15) is 5.11 Å².